The van der Waals surface area contributed by atoms with Crippen molar-refractivity contribution in [1.82, 2.24) is 0 Å². The van der Waals surface area contributed by atoms with Crippen LogP contribution in [0.15, 0.2) is 11.6 Å². The molecule has 1 spiro atoms. The minimum absolute atomic E-state index is 0.0693. The first-order valence-electron chi connectivity index (χ1n) is 10.6. The molecule has 4 heteroatoms. The fraction of sp³-hybridized carbons (Fsp3) is 0.864. The van der Waals surface area contributed by atoms with Gasteiger partial charge in [0.25, 0.3) is 0 Å². The molecule has 1 N–H and O–H groups in total. The van der Waals surface area contributed by atoms with Gasteiger partial charge < -0.3 is 5.11 Å². The fourth-order valence-electron chi connectivity index (χ4n) is 9.03. The van der Waals surface area contributed by atoms with Crippen molar-refractivity contribution in [1.29, 1.82) is 5.26 Å². The Morgan fingerprint density at radius 1 is 1.27 bits per heavy atom. The second-order valence-corrected chi connectivity index (χ2v) is 22.9. The van der Waals surface area contributed by atoms with Crippen LogP contribution in [0, 0.1) is 34.0 Å². The lowest BCUT2D eigenvalue weighted by molar-refractivity contribution is -0.0372. The van der Waals surface area contributed by atoms with E-state index in [4.69, 9.17) is 0 Å². The first-order valence-corrected chi connectivity index (χ1v) is 17.5. The Hall–Kier alpha value is -0.376. The second-order valence-electron chi connectivity index (χ2n) is 12.5. The minimum Gasteiger partial charge on any atom is -0.389 e. The lowest BCUT2D eigenvalue weighted by Crippen LogP contribution is -2.62. The van der Waals surface area contributed by atoms with Gasteiger partial charge in [-0.3, -0.25) is 0 Å². The standard InChI is InChI=1S/C22H37NOSi2/c1-19(2)14-20(24)12-16-8-9-17(13-23)22(16)21(20,15-25(3,4)5)18(19)10-11-26(22,6)7/h10,16-17,24H,8-9,11-12,14-15H2,1-7H3/t16-,17-,20-,21-,22-/m1/s1. The zero-order valence-corrected chi connectivity index (χ0v) is 19.9. The van der Waals surface area contributed by atoms with Crippen molar-refractivity contribution in [3.63, 3.8) is 0 Å². The molecule has 0 unspecified atom stereocenters. The predicted molar refractivity (Wildman–Crippen MR) is 113 cm³/mol. The molecule has 4 aliphatic rings. The van der Waals surface area contributed by atoms with E-state index in [0.29, 0.717) is 5.92 Å². The van der Waals surface area contributed by atoms with Crippen LogP contribution in [0.3, 0.4) is 0 Å². The van der Waals surface area contributed by atoms with Gasteiger partial charge in [0.2, 0.25) is 0 Å². The van der Waals surface area contributed by atoms with E-state index in [-0.39, 0.29) is 21.8 Å². The predicted octanol–water partition coefficient (Wildman–Crippen LogP) is 5.81. The maximum Gasteiger partial charge on any atom is 0.0752 e. The molecule has 0 aromatic carbocycles. The van der Waals surface area contributed by atoms with Crippen LogP contribution in [0.1, 0.15) is 39.5 Å². The molecule has 5 atom stereocenters. The van der Waals surface area contributed by atoms with Gasteiger partial charge in [0.05, 0.1) is 25.7 Å². The normalized spacial score (nSPS) is 47.9. The van der Waals surface area contributed by atoms with Crippen molar-refractivity contribution >= 4 is 16.1 Å². The van der Waals surface area contributed by atoms with E-state index < -0.39 is 21.7 Å². The van der Waals surface area contributed by atoms with Gasteiger partial charge in [0.1, 0.15) is 0 Å². The molecule has 3 saturated carbocycles. The number of allylic oxidation sites excluding steroid dienone is 1. The summed E-state index contributed by atoms with van der Waals surface area (Å²) in [7, 11) is -3.17. The summed E-state index contributed by atoms with van der Waals surface area (Å²) in [4.78, 5) is 0. The van der Waals surface area contributed by atoms with E-state index >= 15 is 0 Å². The van der Waals surface area contributed by atoms with Crippen molar-refractivity contribution in [2.75, 3.05) is 0 Å². The molecule has 144 valence electrons. The third-order valence-corrected chi connectivity index (χ3v) is 15.1. The van der Waals surface area contributed by atoms with Crippen LogP contribution < -0.4 is 0 Å². The zero-order chi connectivity index (χ0) is 19.4. The summed E-state index contributed by atoms with van der Waals surface area (Å²) in [5.41, 5.74) is 0.919. The van der Waals surface area contributed by atoms with Gasteiger partial charge in [0, 0.05) is 13.5 Å². The maximum absolute atomic E-state index is 12.3. The largest absolute Gasteiger partial charge is 0.389 e. The van der Waals surface area contributed by atoms with Gasteiger partial charge >= 0.3 is 0 Å². The van der Waals surface area contributed by atoms with Crippen LogP contribution in [-0.4, -0.2) is 26.9 Å². The molecule has 4 rings (SSSR count). The van der Waals surface area contributed by atoms with Crippen LogP contribution in [0.4, 0.5) is 0 Å². The molecule has 0 radical (unpaired) electrons. The van der Waals surface area contributed by atoms with Crippen LogP contribution in [-0.2, 0) is 0 Å². The van der Waals surface area contributed by atoms with E-state index in [2.05, 4.69) is 58.7 Å². The molecule has 0 amide bonds. The molecule has 0 bridgehead atoms. The topological polar surface area (TPSA) is 44.0 Å². The third-order valence-electron chi connectivity index (χ3n) is 8.89. The first kappa shape index (κ1) is 19.0. The van der Waals surface area contributed by atoms with Gasteiger partial charge in [-0.1, -0.05) is 58.2 Å². The molecule has 1 heterocycles. The molecule has 26 heavy (non-hydrogen) atoms. The minimum atomic E-state index is -1.72. The highest BCUT2D eigenvalue weighted by Gasteiger charge is 2.84. The highest BCUT2D eigenvalue weighted by molar-refractivity contribution is 6.82. The Labute approximate surface area is 162 Å². The average Bonchev–Trinajstić information content (AvgIpc) is 2.95. The summed E-state index contributed by atoms with van der Waals surface area (Å²) in [5.74, 6) is 0.715. The van der Waals surface area contributed by atoms with E-state index in [1.807, 2.05) is 0 Å². The molecule has 1 aliphatic heterocycles. The van der Waals surface area contributed by atoms with E-state index in [1.165, 1.54) is 6.04 Å². The number of hydrogen-bond donors (Lipinski definition) is 1. The SMILES string of the molecule is CC1(C)C[C@]2(O)C[C@H]3CC[C@H](C#N)[C@@]34[C@]2(C[Si](C)(C)C)C1=CC[Si]4(C)C. The summed E-state index contributed by atoms with van der Waals surface area (Å²) in [5, 5.41) is 22.7. The molecule has 3 aliphatic carbocycles. The fourth-order valence-corrected chi connectivity index (χ4v) is 16.8. The molecule has 2 nitrogen and oxygen atoms in total. The Balaban J connectivity index is 2.10. The summed E-state index contributed by atoms with van der Waals surface area (Å²) < 4.78 is 0. The molecule has 0 aromatic rings. The van der Waals surface area contributed by atoms with Crippen LogP contribution in [0.5, 0.6) is 0 Å². The number of nitriles is 1. The summed E-state index contributed by atoms with van der Waals surface area (Å²) in [6.07, 6.45) is 6.65. The number of hydrogen-bond acceptors (Lipinski definition) is 2. The van der Waals surface area contributed by atoms with Crippen molar-refractivity contribution in [2.24, 2.45) is 22.7 Å². The van der Waals surface area contributed by atoms with Gasteiger partial charge in [0.15, 0.2) is 0 Å². The number of nitrogens with zero attached hydrogens (tertiary/aromatic N) is 1. The first-order chi connectivity index (χ1) is 11.8. The van der Waals surface area contributed by atoms with E-state index in [9.17, 15) is 10.4 Å². The van der Waals surface area contributed by atoms with E-state index in [1.54, 1.807) is 5.57 Å². The summed E-state index contributed by atoms with van der Waals surface area (Å²) in [6.45, 7) is 17.2. The van der Waals surface area contributed by atoms with Gasteiger partial charge in [-0.05, 0) is 54.1 Å². The molecular formula is C22H37NOSi2. The number of aliphatic hydroxyl groups is 1. The van der Waals surface area contributed by atoms with Gasteiger partial charge in [-0.15, -0.1) is 0 Å². The zero-order valence-electron chi connectivity index (χ0n) is 17.9. The molecule has 0 aromatic heterocycles. The van der Waals surface area contributed by atoms with Crippen LogP contribution in [0.2, 0.25) is 49.9 Å². The number of rotatable bonds is 2. The highest BCUT2D eigenvalue weighted by atomic mass is 28.3. The Morgan fingerprint density at radius 2 is 1.92 bits per heavy atom. The van der Waals surface area contributed by atoms with E-state index in [0.717, 1.165) is 31.7 Å². The Morgan fingerprint density at radius 3 is 2.50 bits per heavy atom. The van der Waals surface area contributed by atoms with Crippen molar-refractivity contribution < 1.29 is 5.11 Å². The van der Waals surface area contributed by atoms with Gasteiger partial charge in [-0.25, -0.2) is 0 Å². The van der Waals surface area contributed by atoms with Crippen molar-refractivity contribution in [3.05, 3.63) is 11.6 Å². The lowest BCUT2D eigenvalue weighted by atomic mass is 9.63. The van der Waals surface area contributed by atoms with Crippen molar-refractivity contribution in [3.8, 4) is 6.07 Å². The highest BCUT2D eigenvalue weighted by Crippen LogP contribution is 2.88. The third kappa shape index (κ3) is 1.86. The summed E-state index contributed by atoms with van der Waals surface area (Å²) in [6, 6.07) is 5.18. The molecule has 3 fully saturated rings. The second kappa shape index (κ2) is 4.96. The van der Waals surface area contributed by atoms with Crippen LogP contribution in [0.25, 0.3) is 0 Å². The maximum atomic E-state index is 12.3. The Bertz CT molecular complexity index is 727. The smallest absolute Gasteiger partial charge is 0.0752 e. The van der Waals surface area contributed by atoms with Gasteiger partial charge in [-0.2, -0.15) is 5.26 Å². The monoisotopic (exact) mass is 387 g/mol. The van der Waals surface area contributed by atoms with Crippen molar-refractivity contribution in [2.45, 2.75) is 95.0 Å². The summed E-state index contributed by atoms with van der Waals surface area (Å²) >= 11 is 0. The van der Waals surface area contributed by atoms with Crippen LogP contribution >= 0.6 is 0 Å². The Kier molecular flexibility index (Phi) is 3.62. The molecular weight excluding hydrogens is 350 g/mol. The average molecular weight is 388 g/mol. The lowest BCUT2D eigenvalue weighted by Gasteiger charge is -2.62. The quantitative estimate of drug-likeness (QED) is 0.479. The molecule has 0 saturated heterocycles.